The fourth-order valence-electron chi connectivity index (χ4n) is 3.03. The molecule has 1 aliphatic heterocycles. The molecule has 0 bridgehead atoms. The Bertz CT molecular complexity index is 969. The van der Waals surface area contributed by atoms with E-state index >= 15 is 0 Å². The molecule has 2 N–H and O–H groups in total. The summed E-state index contributed by atoms with van der Waals surface area (Å²) in [4.78, 5) is 21.8. The molecule has 1 amide bonds. The molecular formula is C18H17N5O3. The van der Waals surface area contributed by atoms with E-state index in [-0.39, 0.29) is 5.69 Å². The number of fused-ring (bicyclic) bond motifs is 1. The molecular weight excluding hydrogens is 334 g/mol. The van der Waals surface area contributed by atoms with Gasteiger partial charge >= 0.3 is 0 Å². The molecule has 26 heavy (non-hydrogen) atoms. The third-order valence-electron chi connectivity index (χ3n) is 4.37. The van der Waals surface area contributed by atoms with Crippen LogP contribution >= 0.6 is 0 Å². The van der Waals surface area contributed by atoms with Gasteiger partial charge in [-0.1, -0.05) is 17.3 Å². The zero-order valence-electron chi connectivity index (χ0n) is 14.2. The van der Waals surface area contributed by atoms with E-state index in [1.165, 1.54) is 6.20 Å². The highest BCUT2D eigenvalue weighted by atomic mass is 16.5. The highest BCUT2D eigenvalue weighted by Gasteiger charge is 2.26. The van der Waals surface area contributed by atoms with E-state index < -0.39 is 5.91 Å². The average Bonchev–Trinajstić information content (AvgIpc) is 3.11. The third kappa shape index (κ3) is 2.85. The van der Waals surface area contributed by atoms with Crippen LogP contribution in [0.25, 0.3) is 11.3 Å². The van der Waals surface area contributed by atoms with Gasteiger partial charge in [-0.05, 0) is 12.1 Å². The Morgan fingerprint density at radius 3 is 3.04 bits per heavy atom. The number of primary amides is 1. The van der Waals surface area contributed by atoms with Crippen LogP contribution in [0.2, 0.25) is 0 Å². The molecule has 2 aromatic heterocycles. The summed E-state index contributed by atoms with van der Waals surface area (Å²) in [6, 6.07) is 7.68. The second-order valence-electron chi connectivity index (χ2n) is 5.96. The maximum atomic E-state index is 11.4. The summed E-state index contributed by atoms with van der Waals surface area (Å²) in [7, 11) is 1.63. The predicted molar refractivity (Wildman–Crippen MR) is 93.8 cm³/mol. The number of rotatable bonds is 4. The molecule has 0 atom stereocenters. The van der Waals surface area contributed by atoms with Crippen LogP contribution < -0.4 is 15.4 Å². The van der Waals surface area contributed by atoms with Crippen molar-refractivity contribution < 1.29 is 14.1 Å². The number of carbonyl (C=O) groups excluding carboxylic acids is 1. The van der Waals surface area contributed by atoms with E-state index in [2.05, 4.69) is 15.1 Å². The first-order valence-electron chi connectivity index (χ1n) is 8.14. The lowest BCUT2D eigenvalue weighted by Crippen LogP contribution is -2.31. The lowest BCUT2D eigenvalue weighted by atomic mass is 10.0. The summed E-state index contributed by atoms with van der Waals surface area (Å²) < 4.78 is 10.8. The van der Waals surface area contributed by atoms with Gasteiger partial charge in [0.2, 0.25) is 0 Å². The first kappa shape index (κ1) is 16.1. The van der Waals surface area contributed by atoms with Gasteiger partial charge in [0.25, 0.3) is 5.91 Å². The third-order valence-corrected chi connectivity index (χ3v) is 4.37. The standard InChI is InChI=1S/C18H17N5O3/c1-25-12-4-2-3-11(7-12)17-13-10-23(6-5-15(13)26-22-17)16-9-20-8-14(21-16)18(19)24/h2-4,7-9H,5-6,10H2,1H3,(H2,19,24). The van der Waals surface area contributed by atoms with Crippen LogP contribution in [0, 0.1) is 0 Å². The van der Waals surface area contributed by atoms with Crippen LogP contribution in [-0.4, -0.2) is 34.7 Å². The predicted octanol–water partition coefficient (Wildman–Crippen LogP) is 1.80. The molecule has 1 aromatic carbocycles. The molecule has 0 unspecified atom stereocenters. The number of anilines is 1. The highest BCUT2D eigenvalue weighted by molar-refractivity contribution is 5.90. The normalized spacial score (nSPS) is 13.3. The number of hydrogen-bond donors (Lipinski definition) is 1. The van der Waals surface area contributed by atoms with Gasteiger partial charge in [-0.15, -0.1) is 0 Å². The Hall–Kier alpha value is -3.42. The SMILES string of the molecule is COc1cccc(-c2noc3c2CN(c2cncc(C(N)=O)n2)CC3)c1. The van der Waals surface area contributed by atoms with Gasteiger partial charge in [-0.3, -0.25) is 9.78 Å². The highest BCUT2D eigenvalue weighted by Crippen LogP contribution is 2.32. The second kappa shape index (κ2) is 6.47. The van der Waals surface area contributed by atoms with Crippen molar-refractivity contribution in [3.8, 4) is 17.0 Å². The maximum Gasteiger partial charge on any atom is 0.268 e. The smallest absolute Gasteiger partial charge is 0.268 e. The summed E-state index contributed by atoms with van der Waals surface area (Å²) in [6.07, 6.45) is 3.67. The minimum absolute atomic E-state index is 0.145. The number of aromatic nitrogens is 3. The summed E-state index contributed by atoms with van der Waals surface area (Å²) in [5.74, 6) is 1.62. The summed E-state index contributed by atoms with van der Waals surface area (Å²) in [5, 5.41) is 4.25. The van der Waals surface area contributed by atoms with Crippen LogP contribution in [0.1, 0.15) is 21.8 Å². The summed E-state index contributed by atoms with van der Waals surface area (Å²) in [5.41, 5.74) is 8.15. The number of benzene rings is 1. The molecule has 1 aliphatic rings. The Balaban J connectivity index is 1.67. The van der Waals surface area contributed by atoms with Gasteiger partial charge in [-0.25, -0.2) is 4.98 Å². The van der Waals surface area contributed by atoms with Crippen LogP contribution in [-0.2, 0) is 13.0 Å². The number of amides is 1. The maximum absolute atomic E-state index is 11.4. The van der Waals surface area contributed by atoms with Crippen LogP contribution in [0.15, 0.2) is 41.2 Å². The summed E-state index contributed by atoms with van der Waals surface area (Å²) in [6.45, 7) is 1.25. The van der Waals surface area contributed by atoms with Crippen molar-refractivity contribution in [1.82, 2.24) is 15.1 Å². The Morgan fingerprint density at radius 2 is 2.23 bits per heavy atom. The van der Waals surface area contributed by atoms with E-state index in [1.807, 2.05) is 29.2 Å². The molecule has 0 saturated heterocycles. The quantitative estimate of drug-likeness (QED) is 0.763. The number of carbonyl (C=O) groups is 1. The largest absolute Gasteiger partial charge is 0.497 e. The van der Waals surface area contributed by atoms with E-state index in [1.54, 1.807) is 13.3 Å². The molecule has 0 spiro atoms. The van der Waals surface area contributed by atoms with Crippen LogP contribution in [0.5, 0.6) is 5.75 Å². The number of methoxy groups -OCH3 is 1. The van der Waals surface area contributed by atoms with Crippen molar-refractivity contribution in [2.75, 3.05) is 18.6 Å². The number of ether oxygens (including phenoxy) is 1. The molecule has 3 aromatic rings. The average molecular weight is 351 g/mol. The molecule has 3 heterocycles. The Kier molecular flexibility index (Phi) is 4.00. The Morgan fingerprint density at radius 1 is 1.35 bits per heavy atom. The monoisotopic (exact) mass is 351 g/mol. The van der Waals surface area contributed by atoms with Crippen LogP contribution in [0.4, 0.5) is 5.82 Å². The molecule has 0 aliphatic carbocycles. The Labute approximate surface area is 149 Å². The molecule has 0 saturated carbocycles. The minimum atomic E-state index is -0.598. The van der Waals surface area contributed by atoms with Crippen molar-refractivity contribution in [3.05, 3.63) is 53.7 Å². The topological polar surface area (TPSA) is 107 Å². The van der Waals surface area contributed by atoms with Crippen LogP contribution in [0.3, 0.4) is 0 Å². The molecule has 0 radical (unpaired) electrons. The summed E-state index contributed by atoms with van der Waals surface area (Å²) >= 11 is 0. The molecule has 132 valence electrons. The lowest BCUT2D eigenvalue weighted by Gasteiger charge is -2.27. The van der Waals surface area contributed by atoms with Gasteiger partial charge in [0.1, 0.15) is 28.7 Å². The van der Waals surface area contributed by atoms with Gasteiger partial charge in [0.05, 0.1) is 26.0 Å². The minimum Gasteiger partial charge on any atom is -0.497 e. The number of nitrogens with two attached hydrogens (primary N) is 1. The zero-order valence-corrected chi connectivity index (χ0v) is 14.2. The zero-order chi connectivity index (χ0) is 18.1. The molecule has 4 rings (SSSR count). The van der Waals surface area contributed by atoms with Crippen molar-refractivity contribution >= 4 is 11.7 Å². The van der Waals surface area contributed by atoms with E-state index in [4.69, 9.17) is 15.0 Å². The first-order chi connectivity index (χ1) is 12.7. The second-order valence-corrected chi connectivity index (χ2v) is 5.96. The van der Waals surface area contributed by atoms with Gasteiger partial charge in [-0.2, -0.15) is 0 Å². The fourth-order valence-corrected chi connectivity index (χ4v) is 3.03. The van der Waals surface area contributed by atoms with E-state index in [9.17, 15) is 4.79 Å². The number of hydrogen-bond acceptors (Lipinski definition) is 7. The molecule has 8 heteroatoms. The molecule has 0 fully saturated rings. The van der Waals surface area contributed by atoms with Crippen molar-refractivity contribution in [2.45, 2.75) is 13.0 Å². The van der Waals surface area contributed by atoms with Crippen molar-refractivity contribution in [1.29, 1.82) is 0 Å². The number of nitrogens with zero attached hydrogens (tertiary/aromatic N) is 4. The molecule has 8 nitrogen and oxygen atoms in total. The fraction of sp³-hybridized carbons (Fsp3) is 0.222. The van der Waals surface area contributed by atoms with E-state index in [0.717, 1.165) is 28.3 Å². The van der Waals surface area contributed by atoms with Gasteiger partial charge in [0, 0.05) is 24.1 Å². The first-order valence-corrected chi connectivity index (χ1v) is 8.14. The lowest BCUT2D eigenvalue weighted by molar-refractivity contribution is 0.0995. The van der Waals surface area contributed by atoms with Crippen molar-refractivity contribution in [2.24, 2.45) is 5.73 Å². The van der Waals surface area contributed by atoms with Gasteiger partial charge < -0.3 is 19.9 Å². The van der Waals surface area contributed by atoms with Crippen molar-refractivity contribution in [3.63, 3.8) is 0 Å². The van der Waals surface area contributed by atoms with E-state index in [0.29, 0.717) is 25.3 Å². The van der Waals surface area contributed by atoms with Gasteiger partial charge in [0.15, 0.2) is 0 Å².